The van der Waals surface area contributed by atoms with E-state index in [-0.39, 0.29) is 11.8 Å². The van der Waals surface area contributed by atoms with Crippen molar-refractivity contribution in [3.8, 4) is 0 Å². The third kappa shape index (κ3) is 4.80. The number of nitrogens with one attached hydrogen (secondary N) is 1. The molecule has 32 heavy (non-hydrogen) atoms. The van der Waals surface area contributed by atoms with Gasteiger partial charge in [0, 0.05) is 10.3 Å². The second-order valence-corrected chi connectivity index (χ2v) is 8.99. The van der Waals surface area contributed by atoms with E-state index in [1.807, 2.05) is 18.2 Å². The molecule has 8 heteroatoms. The van der Waals surface area contributed by atoms with Crippen LogP contribution in [0.3, 0.4) is 0 Å². The number of aryl methyl sites for hydroxylation is 1. The second kappa shape index (κ2) is 9.48. The van der Waals surface area contributed by atoms with Crippen LogP contribution in [-0.2, 0) is 27.1 Å². The number of thiophene rings is 1. The average Bonchev–Trinajstić information content (AvgIpc) is 3.14. The summed E-state index contributed by atoms with van der Waals surface area (Å²) in [4.78, 5) is 42.9. The smallest absolute Gasteiger partial charge is 0.357 e. The number of benzene rings is 1. The Labute approximate surface area is 189 Å². The summed E-state index contributed by atoms with van der Waals surface area (Å²) in [6.45, 7) is 3.10. The van der Waals surface area contributed by atoms with Crippen LogP contribution in [-0.4, -0.2) is 35.5 Å². The van der Waals surface area contributed by atoms with Crippen molar-refractivity contribution in [2.75, 3.05) is 11.9 Å². The van der Waals surface area contributed by atoms with Crippen LogP contribution < -0.4 is 5.32 Å². The van der Waals surface area contributed by atoms with E-state index in [2.05, 4.69) is 10.3 Å². The molecule has 1 amide bonds. The Bertz CT molecular complexity index is 1180. The van der Waals surface area contributed by atoms with Crippen molar-refractivity contribution in [2.45, 2.75) is 45.6 Å². The first-order valence-electron chi connectivity index (χ1n) is 10.6. The van der Waals surface area contributed by atoms with Gasteiger partial charge in [0.05, 0.1) is 17.2 Å². The summed E-state index contributed by atoms with van der Waals surface area (Å²) >= 11 is 1.39. The van der Waals surface area contributed by atoms with E-state index in [9.17, 15) is 14.4 Å². The number of carbonyl (C=O) groups is 3. The van der Waals surface area contributed by atoms with E-state index >= 15 is 0 Å². The Morgan fingerprint density at radius 1 is 1.06 bits per heavy atom. The van der Waals surface area contributed by atoms with Crippen LogP contribution in [0.15, 0.2) is 36.4 Å². The van der Waals surface area contributed by atoms with Crippen LogP contribution in [0.25, 0.3) is 10.9 Å². The van der Waals surface area contributed by atoms with Gasteiger partial charge in [-0.1, -0.05) is 24.3 Å². The largest absolute Gasteiger partial charge is 0.459 e. The molecule has 3 aromatic rings. The van der Waals surface area contributed by atoms with Crippen LogP contribution in [0, 0.1) is 0 Å². The molecule has 1 aliphatic carbocycles. The van der Waals surface area contributed by atoms with Gasteiger partial charge in [0.15, 0.2) is 6.61 Å². The number of nitrogens with zero attached hydrogens (tertiary/aromatic N) is 1. The number of rotatable bonds is 6. The molecule has 2 aromatic heterocycles. The molecule has 0 bridgehead atoms. The first kappa shape index (κ1) is 22.0. The highest BCUT2D eigenvalue weighted by Gasteiger charge is 2.28. The van der Waals surface area contributed by atoms with Crippen LogP contribution in [0.1, 0.15) is 58.0 Å². The van der Waals surface area contributed by atoms with Crippen molar-refractivity contribution < 1.29 is 23.9 Å². The van der Waals surface area contributed by atoms with Gasteiger partial charge in [0.2, 0.25) is 0 Å². The fourth-order valence-electron chi connectivity index (χ4n) is 3.69. The molecular formula is C24H24N2O5S. The first-order valence-corrected chi connectivity index (χ1v) is 11.4. The number of hydrogen-bond donors (Lipinski definition) is 1. The predicted octanol–water partition coefficient (Wildman–Crippen LogP) is 4.54. The maximum Gasteiger partial charge on any atom is 0.357 e. The van der Waals surface area contributed by atoms with E-state index < -0.39 is 24.5 Å². The highest BCUT2D eigenvalue weighted by molar-refractivity contribution is 7.17. The van der Waals surface area contributed by atoms with Gasteiger partial charge < -0.3 is 14.8 Å². The van der Waals surface area contributed by atoms with Gasteiger partial charge in [-0.05, 0) is 57.2 Å². The topological polar surface area (TPSA) is 94.6 Å². The van der Waals surface area contributed by atoms with Gasteiger partial charge in [-0.15, -0.1) is 11.3 Å². The summed E-state index contributed by atoms with van der Waals surface area (Å²) in [7, 11) is 0. The van der Waals surface area contributed by atoms with Gasteiger partial charge in [0.1, 0.15) is 10.7 Å². The molecule has 0 spiro atoms. The average molecular weight is 453 g/mol. The van der Waals surface area contributed by atoms with Crippen LogP contribution in [0.2, 0.25) is 0 Å². The Hall–Kier alpha value is -3.26. The number of carbonyl (C=O) groups excluding carboxylic acids is 3. The molecule has 2 heterocycles. The van der Waals surface area contributed by atoms with Gasteiger partial charge in [-0.2, -0.15) is 0 Å². The number of anilines is 1. The number of ether oxygens (including phenoxy) is 2. The Morgan fingerprint density at radius 2 is 1.84 bits per heavy atom. The molecule has 0 radical (unpaired) electrons. The molecule has 166 valence electrons. The van der Waals surface area contributed by atoms with Crippen molar-refractivity contribution >= 4 is 45.1 Å². The van der Waals surface area contributed by atoms with Crippen molar-refractivity contribution in [3.05, 3.63) is 58.1 Å². The zero-order valence-corrected chi connectivity index (χ0v) is 18.8. The van der Waals surface area contributed by atoms with Gasteiger partial charge in [0.25, 0.3) is 5.91 Å². The predicted molar refractivity (Wildman–Crippen MR) is 122 cm³/mol. The summed E-state index contributed by atoms with van der Waals surface area (Å²) in [5.74, 6) is -1.64. The minimum atomic E-state index is -0.684. The molecule has 1 aromatic carbocycles. The SMILES string of the molecule is CC(C)OC(=O)c1c(NC(=O)COC(=O)c2ccc3ccccc3n2)sc2c1CCCC2. The molecule has 0 saturated heterocycles. The van der Waals surface area contributed by atoms with Crippen LogP contribution in [0.5, 0.6) is 0 Å². The first-order chi connectivity index (χ1) is 15.4. The van der Waals surface area contributed by atoms with Crippen LogP contribution >= 0.6 is 11.3 Å². The lowest BCUT2D eigenvalue weighted by Crippen LogP contribution is -2.22. The fraction of sp³-hybridized carbons (Fsp3) is 0.333. The van der Waals surface area contributed by atoms with E-state index in [4.69, 9.17) is 9.47 Å². The van der Waals surface area contributed by atoms with E-state index in [0.717, 1.165) is 41.5 Å². The Morgan fingerprint density at radius 3 is 2.66 bits per heavy atom. The third-order valence-corrected chi connectivity index (χ3v) is 6.32. The summed E-state index contributed by atoms with van der Waals surface area (Å²) in [6, 6.07) is 10.8. The highest BCUT2D eigenvalue weighted by Crippen LogP contribution is 2.38. The molecule has 0 unspecified atom stereocenters. The minimum Gasteiger partial charge on any atom is -0.459 e. The van der Waals surface area contributed by atoms with E-state index in [0.29, 0.717) is 16.1 Å². The monoisotopic (exact) mass is 452 g/mol. The molecule has 7 nitrogen and oxygen atoms in total. The van der Waals surface area contributed by atoms with Crippen molar-refractivity contribution in [1.29, 1.82) is 0 Å². The molecule has 0 fully saturated rings. The molecule has 1 N–H and O–H groups in total. The summed E-state index contributed by atoms with van der Waals surface area (Å²) in [5.41, 5.74) is 2.18. The second-order valence-electron chi connectivity index (χ2n) is 7.88. The third-order valence-electron chi connectivity index (χ3n) is 5.11. The Balaban J connectivity index is 1.45. The zero-order chi connectivity index (χ0) is 22.7. The maximum atomic E-state index is 12.7. The number of amides is 1. The van der Waals surface area contributed by atoms with E-state index in [1.165, 1.54) is 11.3 Å². The molecule has 0 saturated carbocycles. The maximum absolute atomic E-state index is 12.7. The summed E-state index contributed by atoms with van der Waals surface area (Å²) in [6.07, 6.45) is 3.44. The molecule has 0 atom stereocenters. The highest BCUT2D eigenvalue weighted by atomic mass is 32.1. The lowest BCUT2D eigenvalue weighted by molar-refractivity contribution is -0.119. The number of esters is 2. The summed E-state index contributed by atoms with van der Waals surface area (Å²) < 4.78 is 10.5. The Kier molecular flexibility index (Phi) is 6.50. The molecule has 4 rings (SSSR count). The number of hydrogen-bond acceptors (Lipinski definition) is 7. The number of fused-ring (bicyclic) bond motifs is 2. The molecular weight excluding hydrogens is 428 g/mol. The van der Waals surface area contributed by atoms with Gasteiger partial charge >= 0.3 is 11.9 Å². The molecule has 0 aliphatic heterocycles. The van der Waals surface area contributed by atoms with Crippen molar-refractivity contribution in [2.24, 2.45) is 0 Å². The molecule has 1 aliphatic rings. The quantitative estimate of drug-likeness (QED) is 0.552. The fourth-order valence-corrected chi connectivity index (χ4v) is 4.98. The zero-order valence-electron chi connectivity index (χ0n) is 18.0. The minimum absolute atomic E-state index is 0.129. The normalized spacial score (nSPS) is 13.0. The van der Waals surface area contributed by atoms with Gasteiger partial charge in [-0.25, -0.2) is 14.6 Å². The standard InChI is InChI=1S/C24H24N2O5S/c1-14(2)31-24(29)21-16-8-4-6-10-19(16)32-22(21)26-20(27)13-30-23(28)18-12-11-15-7-3-5-9-17(15)25-18/h3,5,7,9,11-12,14H,4,6,8,10,13H2,1-2H3,(H,26,27). The number of aromatic nitrogens is 1. The lowest BCUT2D eigenvalue weighted by atomic mass is 9.95. The number of para-hydroxylation sites is 1. The van der Waals surface area contributed by atoms with E-state index in [1.54, 1.807) is 32.0 Å². The van der Waals surface area contributed by atoms with Crippen molar-refractivity contribution in [1.82, 2.24) is 4.98 Å². The number of pyridine rings is 1. The summed E-state index contributed by atoms with van der Waals surface area (Å²) in [5, 5.41) is 4.10. The lowest BCUT2D eigenvalue weighted by Gasteiger charge is -2.14. The van der Waals surface area contributed by atoms with Crippen molar-refractivity contribution in [3.63, 3.8) is 0 Å². The van der Waals surface area contributed by atoms with Gasteiger partial charge in [-0.3, -0.25) is 4.79 Å². The van der Waals surface area contributed by atoms with Crippen LogP contribution in [0.4, 0.5) is 5.00 Å².